The average molecular weight is 547 g/mol. The number of hydrogen-bond donors (Lipinski definition) is 1. The SMILES string of the molecule is O=C(NC1CCCCC1)[C@@H](Cc1ccccc1)N(Cc1ccccc1Cl)C(=O)CCc1ccc2c(c1)OCO2. The Balaban J connectivity index is 1.40. The van der Waals surface area contributed by atoms with Gasteiger partial charge in [0.25, 0.3) is 0 Å². The second-order valence-electron chi connectivity index (χ2n) is 10.3. The van der Waals surface area contributed by atoms with E-state index in [-0.39, 0.29) is 37.6 Å². The third-order valence-electron chi connectivity index (χ3n) is 7.59. The maximum Gasteiger partial charge on any atom is 0.243 e. The summed E-state index contributed by atoms with van der Waals surface area (Å²) >= 11 is 6.54. The van der Waals surface area contributed by atoms with Gasteiger partial charge in [0.2, 0.25) is 18.6 Å². The molecule has 2 amide bonds. The Labute approximate surface area is 235 Å². The Kier molecular flexibility index (Phi) is 9.04. The van der Waals surface area contributed by atoms with Crippen LogP contribution < -0.4 is 14.8 Å². The van der Waals surface area contributed by atoms with Crippen LogP contribution in [0, 0.1) is 0 Å². The summed E-state index contributed by atoms with van der Waals surface area (Å²) in [7, 11) is 0. The summed E-state index contributed by atoms with van der Waals surface area (Å²) in [6.45, 7) is 0.468. The van der Waals surface area contributed by atoms with Crippen LogP contribution in [0.4, 0.5) is 0 Å². The van der Waals surface area contributed by atoms with Crippen molar-refractivity contribution >= 4 is 23.4 Å². The molecule has 1 atom stereocenters. The molecule has 3 aromatic rings. The van der Waals surface area contributed by atoms with Crippen molar-refractivity contribution < 1.29 is 19.1 Å². The first-order chi connectivity index (χ1) is 19.1. The molecular weight excluding hydrogens is 512 g/mol. The number of nitrogens with one attached hydrogen (secondary N) is 1. The number of halogens is 1. The van der Waals surface area contributed by atoms with Crippen LogP contribution in [-0.2, 0) is 29.0 Å². The highest BCUT2D eigenvalue weighted by atomic mass is 35.5. The topological polar surface area (TPSA) is 67.9 Å². The van der Waals surface area contributed by atoms with Crippen molar-refractivity contribution in [1.29, 1.82) is 0 Å². The zero-order chi connectivity index (χ0) is 27.0. The van der Waals surface area contributed by atoms with Crippen LogP contribution in [0.3, 0.4) is 0 Å². The van der Waals surface area contributed by atoms with Crippen molar-refractivity contribution in [3.05, 3.63) is 94.5 Å². The number of ether oxygens (including phenoxy) is 2. The Morgan fingerprint density at radius 2 is 1.64 bits per heavy atom. The van der Waals surface area contributed by atoms with Crippen molar-refractivity contribution in [3.63, 3.8) is 0 Å². The van der Waals surface area contributed by atoms with Gasteiger partial charge in [-0.3, -0.25) is 9.59 Å². The maximum absolute atomic E-state index is 13.9. The highest BCUT2D eigenvalue weighted by Gasteiger charge is 2.32. The predicted octanol–water partition coefficient (Wildman–Crippen LogP) is 6.09. The van der Waals surface area contributed by atoms with E-state index in [1.165, 1.54) is 6.42 Å². The minimum atomic E-state index is -0.658. The second kappa shape index (κ2) is 13.0. The molecule has 1 N–H and O–H groups in total. The molecule has 0 aromatic heterocycles. The third-order valence-corrected chi connectivity index (χ3v) is 7.95. The fourth-order valence-electron chi connectivity index (χ4n) is 5.40. The first kappa shape index (κ1) is 27.1. The van der Waals surface area contributed by atoms with E-state index in [1.807, 2.05) is 72.8 Å². The molecule has 1 fully saturated rings. The van der Waals surface area contributed by atoms with Crippen LogP contribution in [0.15, 0.2) is 72.8 Å². The van der Waals surface area contributed by atoms with Gasteiger partial charge in [-0.15, -0.1) is 0 Å². The predicted molar refractivity (Wildman–Crippen MR) is 152 cm³/mol. The van der Waals surface area contributed by atoms with Gasteiger partial charge in [0.1, 0.15) is 6.04 Å². The summed E-state index contributed by atoms with van der Waals surface area (Å²) in [5.41, 5.74) is 2.81. The fourth-order valence-corrected chi connectivity index (χ4v) is 5.60. The number of nitrogens with zero attached hydrogens (tertiary/aromatic N) is 1. The molecule has 0 radical (unpaired) electrons. The minimum absolute atomic E-state index is 0.0905. The molecule has 6 nitrogen and oxygen atoms in total. The molecule has 1 aliphatic heterocycles. The monoisotopic (exact) mass is 546 g/mol. The van der Waals surface area contributed by atoms with Gasteiger partial charge in [-0.25, -0.2) is 0 Å². The molecular formula is C32H35ClN2O4. The zero-order valence-corrected chi connectivity index (χ0v) is 22.9. The molecule has 0 bridgehead atoms. The molecule has 5 rings (SSSR count). The normalized spacial score (nSPS) is 15.5. The van der Waals surface area contributed by atoms with Gasteiger partial charge >= 0.3 is 0 Å². The largest absolute Gasteiger partial charge is 0.454 e. The number of benzene rings is 3. The smallest absolute Gasteiger partial charge is 0.243 e. The Morgan fingerprint density at radius 1 is 0.897 bits per heavy atom. The highest BCUT2D eigenvalue weighted by Crippen LogP contribution is 2.33. The van der Waals surface area contributed by atoms with E-state index in [9.17, 15) is 9.59 Å². The van der Waals surface area contributed by atoms with E-state index >= 15 is 0 Å². The Morgan fingerprint density at radius 3 is 2.44 bits per heavy atom. The van der Waals surface area contributed by atoms with E-state index in [1.54, 1.807) is 4.90 Å². The molecule has 0 saturated heterocycles. The van der Waals surface area contributed by atoms with E-state index < -0.39 is 6.04 Å². The van der Waals surface area contributed by atoms with Gasteiger partial charge in [0, 0.05) is 30.5 Å². The number of carbonyl (C=O) groups is 2. The second-order valence-corrected chi connectivity index (χ2v) is 10.8. The number of amides is 2. The van der Waals surface area contributed by atoms with E-state index in [0.717, 1.165) is 42.4 Å². The summed E-state index contributed by atoms with van der Waals surface area (Å²) in [4.78, 5) is 29.5. The zero-order valence-electron chi connectivity index (χ0n) is 22.1. The van der Waals surface area contributed by atoms with Gasteiger partial charge < -0.3 is 19.7 Å². The van der Waals surface area contributed by atoms with E-state index in [2.05, 4.69) is 5.32 Å². The van der Waals surface area contributed by atoms with Crippen LogP contribution in [0.25, 0.3) is 0 Å². The lowest BCUT2D eigenvalue weighted by Gasteiger charge is -2.33. The van der Waals surface area contributed by atoms with Gasteiger partial charge in [0.05, 0.1) is 0 Å². The van der Waals surface area contributed by atoms with Crippen molar-refractivity contribution in [3.8, 4) is 11.5 Å². The number of hydrogen-bond acceptors (Lipinski definition) is 4. The van der Waals surface area contributed by atoms with Crippen LogP contribution in [0.2, 0.25) is 5.02 Å². The molecule has 7 heteroatoms. The first-order valence-electron chi connectivity index (χ1n) is 13.8. The molecule has 1 aliphatic carbocycles. The van der Waals surface area contributed by atoms with Crippen molar-refractivity contribution in [2.24, 2.45) is 0 Å². The summed E-state index contributed by atoms with van der Waals surface area (Å²) < 4.78 is 10.9. The van der Waals surface area contributed by atoms with Gasteiger partial charge in [-0.2, -0.15) is 0 Å². The molecule has 0 spiro atoms. The van der Waals surface area contributed by atoms with E-state index in [4.69, 9.17) is 21.1 Å². The average Bonchev–Trinajstić information content (AvgIpc) is 3.44. The number of fused-ring (bicyclic) bond motifs is 1. The third kappa shape index (κ3) is 7.12. The fraction of sp³-hybridized carbons (Fsp3) is 0.375. The van der Waals surface area contributed by atoms with Gasteiger partial charge in [-0.1, -0.05) is 85.5 Å². The maximum atomic E-state index is 13.9. The summed E-state index contributed by atoms with van der Waals surface area (Å²) in [5.74, 6) is 1.22. The Bertz CT molecular complexity index is 1280. The molecule has 2 aliphatic rings. The summed E-state index contributed by atoms with van der Waals surface area (Å²) in [5, 5.41) is 3.86. The summed E-state index contributed by atoms with van der Waals surface area (Å²) in [6.07, 6.45) is 6.61. The highest BCUT2D eigenvalue weighted by molar-refractivity contribution is 6.31. The van der Waals surface area contributed by atoms with E-state index in [0.29, 0.717) is 29.4 Å². The summed E-state index contributed by atoms with van der Waals surface area (Å²) in [6, 6.07) is 22.7. The molecule has 39 heavy (non-hydrogen) atoms. The Hall–Kier alpha value is -3.51. The lowest BCUT2D eigenvalue weighted by molar-refractivity contribution is -0.141. The van der Waals surface area contributed by atoms with Crippen molar-refractivity contribution in [2.75, 3.05) is 6.79 Å². The van der Waals surface area contributed by atoms with Crippen LogP contribution >= 0.6 is 11.6 Å². The molecule has 204 valence electrons. The number of carbonyl (C=O) groups excluding carboxylic acids is 2. The molecule has 3 aromatic carbocycles. The van der Waals surface area contributed by atoms with Gasteiger partial charge in [-0.05, 0) is 54.2 Å². The first-order valence-corrected chi connectivity index (χ1v) is 14.2. The van der Waals surface area contributed by atoms with Crippen LogP contribution in [0.5, 0.6) is 11.5 Å². The lowest BCUT2D eigenvalue weighted by atomic mass is 9.94. The van der Waals surface area contributed by atoms with Crippen LogP contribution in [0.1, 0.15) is 55.2 Å². The van der Waals surface area contributed by atoms with Crippen molar-refractivity contribution in [2.45, 2.75) is 70.0 Å². The number of aryl methyl sites for hydroxylation is 1. The van der Waals surface area contributed by atoms with Crippen LogP contribution in [-0.4, -0.2) is 35.6 Å². The standard InChI is InChI=1S/C32H35ClN2O4/c33-27-14-8-7-11-25(27)21-35(31(36)18-16-24-15-17-29-30(20-24)39-22-38-29)28(19-23-9-3-1-4-10-23)32(37)34-26-12-5-2-6-13-26/h1,3-4,7-11,14-15,17,20,26,28H,2,5-6,12-13,16,18-19,21-22H2,(H,34,37)/t28-/m1/s1. The lowest BCUT2D eigenvalue weighted by Crippen LogP contribution is -2.53. The van der Waals surface area contributed by atoms with Gasteiger partial charge in [0.15, 0.2) is 11.5 Å². The minimum Gasteiger partial charge on any atom is -0.454 e. The number of rotatable bonds is 10. The molecule has 1 heterocycles. The van der Waals surface area contributed by atoms with Crippen molar-refractivity contribution in [1.82, 2.24) is 10.2 Å². The molecule has 0 unspecified atom stereocenters. The molecule has 1 saturated carbocycles. The quantitative estimate of drug-likeness (QED) is 0.334.